The van der Waals surface area contributed by atoms with E-state index in [1.165, 1.54) is 0 Å². The lowest BCUT2D eigenvalue weighted by molar-refractivity contribution is -0.107. The van der Waals surface area contributed by atoms with Gasteiger partial charge >= 0.3 is 0 Å². The standard InChI is InChI=1S/C12H13ClO3/c1-15-10-7-8(3-2-5-14)11(13)9-4-6-16-12(9)10/h5,7H,2-4,6H2,1H3. The van der Waals surface area contributed by atoms with Gasteiger partial charge in [0, 0.05) is 18.4 Å². The van der Waals surface area contributed by atoms with Crippen molar-refractivity contribution in [3.05, 3.63) is 22.2 Å². The van der Waals surface area contributed by atoms with Crippen molar-refractivity contribution in [1.82, 2.24) is 0 Å². The molecule has 4 heteroatoms. The number of hydrogen-bond donors (Lipinski definition) is 0. The zero-order valence-electron chi connectivity index (χ0n) is 9.09. The maximum absolute atomic E-state index is 10.4. The Balaban J connectivity index is 2.43. The molecule has 0 atom stereocenters. The summed E-state index contributed by atoms with van der Waals surface area (Å²) in [7, 11) is 1.61. The molecule has 0 amide bonds. The van der Waals surface area contributed by atoms with E-state index >= 15 is 0 Å². The van der Waals surface area contributed by atoms with Gasteiger partial charge in [-0.2, -0.15) is 0 Å². The van der Waals surface area contributed by atoms with Gasteiger partial charge in [0.15, 0.2) is 11.5 Å². The minimum Gasteiger partial charge on any atom is -0.493 e. The van der Waals surface area contributed by atoms with Crippen molar-refractivity contribution in [1.29, 1.82) is 0 Å². The number of benzene rings is 1. The molecule has 1 heterocycles. The zero-order chi connectivity index (χ0) is 11.5. The Kier molecular flexibility index (Phi) is 3.34. The van der Waals surface area contributed by atoms with Crippen molar-refractivity contribution < 1.29 is 14.3 Å². The summed E-state index contributed by atoms with van der Waals surface area (Å²) < 4.78 is 10.7. The third kappa shape index (κ3) is 1.87. The zero-order valence-corrected chi connectivity index (χ0v) is 9.84. The van der Waals surface area contributed by atoms with Crippen molar-refractivity contribution in [3.8, 4) is 11.5 Å². The first kappa shape index (κ1) is 11.3. The van der Waals surface area contributed by atoms with Crippen molar-refractivity contribution in [2.24, 2.45) is 0 Å². The van der Waals surface area contributed by atoms with Crippen LogP contribution >= 0.6 is 11.6 Å². The predicted octanol–water partition coefficient (Wildman–Crippen LogP) is 2.42. The number of aldehydes is 1. The van der Waals surface area contributed by atoms with Gasteiger partial charge in [-0.25, -0.2) is 0 Å². The van der Waals surface area contributed by atoms with E-state index in [0.717, 1.165) is 34.6 Å². The molecule has 1 aromatic rings. The number of ether oxygens (including phenoxy) is 2. The monoisotopic (exact) mass is 240 g/mol. The molecule has 0 saturated carbocycles. The average molecular weight is 241 g/mol. The predicted molar refractivity (Wildman–Crippen MR) is 61.6 cm³/mol. The van der Waals surface area contributed by atoms with Crippen LogP contribution in [-0.4, -0.2) is 20.0 Å². The number of aryl methyl sites for hydroxylation is 1. The summed E-state index contributed by atoms with van der Waals surface area (Å²) >= 11 is 6.27. The van der Waals surface area contributed by atoms with Crippen molar-refractivity contribution in [3.63, 3.8) is 0 Å². The first-order valence-corrected chi connectivity index (χ1v) is 5.60. The van der Waals surface area contributed by atoms with Crippen LogP contribution in [0.1, 0.15) is 17.5 Å². The highest BCUT2D eigenvalue weighted by Crippen LogP contribution is 2.42. The molecule has 1 aliphatic rings. The van der Waals surface area contributed by atoms with Crippen molar-refractivity contribution in [2.45, 2.75) is 19.3 Å². The SMILES string of the molecule is COc1cc(CCC=O)c(Cl)c2c1OCC2. The van der Waals surface area contributed by atoms with Gasteiger partial charge in [0.2, 0.25) is 0 Å². The van der Waals surface area contributed by atoms with Crippen LogP contribution in [0.15, 0.2) is 6.07 Å². The summed E-state index contributed by atoms with van der Waals surface area (Å²) in [5, 5.41) is 0.718. The van der Waals surface area contributed by atoms with Gasteiger partial charge in [-0.05, 0) is 18.1 Å². The molecule has 0 aromatic heterocycles. The van der Waals surface area contributed by atoms with Gasteiger partial charge in [-0.1, -0.05) is 11.6 Å². The highest BCUT2D eigenvalue weighted by Gasteiger charge is 2.22. The Hall–Kier alpha value is -1.22. The van der Waals surface area contributed by atoms with Crippen LogP contribution in [0.3, 0.4) is 0 Å². The molecule has 0 spiro atoms. The summed E-state index contributed by atoms with van der Waals surface area (Å²) in [5.74, 6) is 1.46. The summed E-state index contributed by atoms with van der Waals surface area (Å²) in [4.78, 5) is 10.4. The fraction of sp³-hybridized carbons (Fsp3) is 0.417. The molecule has 0 N–H and O–H groups in total. The summed E-state index contributed by atoms with van der Waals surface area (Å²) in [6.45, 7) is 0.641. The third-order valence-electron chi connectivity index (χ3n) is 2.70. The summed E-state index contributed by atoms with van der Waals surface area (Å²) in [6.07, 6.45) is 2.82. The van der Waals surface area contributed by atoms with E-state index in [-0.39, 0.29) is 0 Å². The van der Waals surface area contributed by atoms with E-state index in [9.17, 15) is 4.79 Å². The molecule has 0 aliphatic carbocycles. The van der Waals surface area contributed by atoms with Crippen LogP contribution < -0.4 is 9.47 Å². The number of rotatable bonds is 4. The maximum Gasteiger partial charge on any atom is 0.165 e. The van der Waals surface area contributed by atoms with Crippen LogP contribution in [0.2, 0.25) is 5.02 Å². The fourth-order valence-corrected chi connectivity index (χ4v) is 2.24. The minimum absolute atomic E-state index is 0.475. The molecule has 0 radical (unpaired) electrons. The molecule has 1 aromatic carbocycles. The van der Waals surface area contributed by atoms with Gasteiger partial charge in [0.05, 0.1) is 18.7 Å². The molecule has 86 valence electrons. The normalized spacial score (nSPS) is 13.1. The van der Waals surface area contributed by atoms with Crippen molar-refractivity contribution in [2.75, 3.05) is 13.7 Å². The van der Waals surface area contributed by atoms with Crippen LogP contribution in [0.25, 0.3) is 0 Å². The number of carbonyl (C=O) groups excluding carboxylic acids is 1. The summed E-state index contributed by atoms with van der Waals surface area (Å²) in [5.41, 5.74) is 1.96. The van der Waals surface area contributed by atoms with Crippen LogP contribution in [-0.2, 0) is 17.6 Å². The molecule has 3 nitrogen and oxygen atoms in total. The molecule has 16 heavy (non-hydrogen) atoms. The molecule has 0 fully saturated rings. The molecule has 1 aliphatic heterocycles. The molecule has 0 unspecified atom stereocenters. The maximum atomic E-state index is 10.4. The smallest absolute Gasteiger partial charge is 0.165 e. The highest BCUT2D eigenvalue weighted by atomic mass is 35.5. The van der Waals surface area contributed by atoms with E-state index < -0.39 is 0 Å². The van der Waals surface area contributed by atoms with Crippen LogP contribution in [0.4, 0.5) is 0 Å². The van der Waals surface area contributed by atoms with E-state index in [1.54, 1.807) is 7.11 Å². The number of halogens is 1. The fourth-order valence-electron chi connectivity index (χ4n) is 1.91. The molecular weight excluding hydrogens is 228 g/mol. The Morgan fingerprint density at radius 2 is 2.44 bits per heavy atom. The molecule has 0 saturated heterocycles. The molecule has 2 rings (SSSR count). The largest absolute Gasteiger partial charge is 0.493 e. The minimum atomic E-state index is 0.475. The Morgan fingerprint density at radius 3 is 3.12 bits per heavy atom. The quantitative estimate of drug-likeness (QED) is 0.759. The number of fused-ring (bicyclic) bond motifs is 1. The summed E-state index contributed by atoms with van der Waals surface area (Å²) in [6, 6.07) is 1.86. The van der Waals surface area contributed by atoms with E-state index in [2.05, 4.69) is 0 Å². The first-order chi connectivity index (χ1) is 7.77. The van der Waals surface area contributed by atoms with Gasteiger partial charge in [0.1, 0.15) is 6.29 Å². The lowest BCUT2D eigenvalue weighted by Crippen LogP contribution is -1.95. The lowest BCUT2D eigenvalue weighted by atomic mass is 10.0. The highest BCUT2D eigenvalue weighted by molar-refractivity contribution is 6.32. The number of methoxy groups -OCH3 is 1. The second kappa shape index (κ2) is 4.74. The van der Waals surface area contributed by atoms with Crippen LogP contribution in [0.5, 0.6) is 11.5 Å². The Bertz CT molecular complexity index is 415. The van der Waals surface area contributed by atoms with Crippen LogP contribution in [0, 0.1) is 0 Å². The number of hydrogen-bond acceptors (Lipinski definition) is 3. The lowest BCUT2D eigenvalue weighted by Gasteiger charge is -2.11. The second-order valence-electron chi connectivity index (χ2n) is 3.66. The van der Waals surface area contributed by atoms with E-state index in [0.29, 0.717) is 25.2 Å². The Labute approximate surface area is 99.3 Å². The molecule has 0 bridgehead atoms. The van der Waals surface area contributed by atoms with Gasteiger partial charge < -0.3 is 14.3 Å². The number of carbonyl (C=O) groups is 1. The van der Waals surface area contributed by atoms with Gasteiger partial charge in [-0.3, -0.25) is 0 Å². The first-order valence-electron chi connectivity index (χ1n) is 5.22. The third-order valence-corrected chi connectivity index (χ3v) is 3.17. The second-order valence-corrected chi connectivity index (χ2v) is 4.04. The van der Waals surface area contributed by atoms with E-state index in [4.69, 9.17) is 21.1 Å². The van der Waals surface area contributed by atoms with E-state index in [1.807, 2.05) is 6.07 Å². The molecular formula is C12H13ClO3. The van der Waals surface area contributed by atoms with Crippen molar-refractivity contribution >= 4 is 17.9 Å². The Morgan fingerprint density at radius 1 is 1.62 bits per heavy atom. The average Bonchev–Trinajstić information content (AvgIpc) is 2.78. The topological polar surface area (TPSA) is 35.5 Å². The van der Waals surface area contributed by atoms with Gasteiger partial charge in [-0.15, -0.1) is 0 Å². The van der Waals surface area contributed by atoms with Gasteiger partial charge in [0.25, 0.3) is 0 Å².